The van der Waals surface area contributed by atoms with E-state index in [4.69, 9.17) is 10.3 Å². The van der Waals surface area contributed by atoms with Crippen molar-refractivity contribution >= 4 is 28.4 Å². The lowest BCUT2D eigenvalue weighted by atomic mass is 9.97. The van der Waals surface area contributed by atoms with Gasteiger partial charge in [0.1, 0.15) is 11.5 Å². The fraction of sp³-hybridized carbons (Fsp3) is 0.207. The Morgan fingerprint density at radius 3 is 2.71 bits per heavy atom. The van der Waals surface area contributed by atoms with Crippen molar-refractivity contribution in [3.63, 3.8) is 0 Å². The number of fused-ring (bicyclic) bond motifs is 1. The number of aryl methyl sites for hydroxylation is 1. The molecule has 1 saturated carbocycles. The van der Waals surface area contributed by atoms with Crippen LogP contribution in [-0.4, -0.2) is 27.4 Å². The van der Waals surface area contributed by atoms with Gasteiger partial charge >= 0.3 is 0 Å². The van der Waals surface area contributed by atoms with Gasteiger partial charge in [-0.2, -0.15) is 5.10 Å². The smallest absolute Gasteiger partial charge is 0.274 e. The van der Waals surface area contributed by atoms with Gasteiger partial charge in [-0.3, -0.25) is 4.79 Å². The first-order chi connectivity index (χ1) is 18.5. The molecule has 0 spiro atoms. The van der Waals surface area contributed by atoms with Crippen molar-refractivity contribution in [1.29, 1.82) is 0 Å². The number of nitrogens with zero attached hydrogens (tertiary/aromatic N) is 3. The zero-order valence-electron chi connectivity index (χ0n) is 20.8. The second-order valence-electron chi connectivity index (χ2n) is 9.72. The van der Waals surface area contributed by atoms with Gasteiger partial charge in [-0.1, -0.05) is 41.6 Å². The fourth-order valence-electron chi connectivity index (χ4n) is 4.62. The fourth-order valence-corrected chi connectivity index (χ4v) is 4.62. The molecule has 1 amide bonds. The van der Waals surface area contributed by atoms with Crippen LogP contribution in [0.5, 0.6) is 0 Å². The molecule has 6 rings (SSSR count). The van der Waals surface area contributed by atoms with Crippen LogP contribution in [0.1, 0.15) is 46.2 Å². The minimum absolute atomic E-state index is 0.103. The monoisotopic (exact) mass is 510 g/mol. The van der Waals surface area contributed by atoms with E-state index >= 15 is 0 Å². The molecule has 1 aliphatic carbocycles. The second-order valence-corrected chi connectivity index (χ2v) is 9.72. The van der Waals surface area contributed by atoms with E-state index in [-0.39, 0.29) is 23.2 Å². The number of hydrogen-bond donors (Lipinski definition) is 3. The maximum Gasteiger partial charge on any atom is 0.274 e. The highest BCUT2D eigenvalue weighted by Gasteiger charge is 2.24. The average Bonchev–Trinajstić information content (AvgIpc) is 3.57. The van der Waals surface area contributed by atoms with E-state index in [0.29, 0.717) is 28.3 Å². The molecule has 4 N–H and O–H groups in total. The highest BCUT2D eigenvalue weighted by Crippen LogP contribution is 2.31. The zero-order valence-corrected chi connectivity index (χ0v) is 20.8. The summed E-state index contributed by atoms with van der Waals surface area (Å²) in [7, 11) is 0. The molecule has 2 aromatic heterocycles. The van der Waals surface area contributed by atoms with Crippen molar-refractivity contribution in [2.75, 3.05) is 17.6 Å². The lowest BCUT2D eigenvalue weighted by Crippen LogP contribution is -2.25. The molecule has 0 bridgehead atoms. The van der Waals surface area contributed by atoms with Crippen molar-refractivity contribution in [3.8, 4) is 5.69 Å². The van der Waals surface area contributed by atoms with Gasteiger partial charge in [0, 0.05) is 0 Å². The molecule has 9 heteroatoms. The Bertz CT molecular complexity index is 1620. The highest BCUT2D eigenvalue weighted by atomic mass is 19.1. The summed E-state index contributed by atoms with van der Waals surface area (Å²) in [6, 6.07) is 21.6. The Hall–Kier alpha value is -4.50. The first-order valence-corrected chi connectivity index (χ1v) is 12.6. The summed E-state index contributed by atoms with van der Waals surface area (Å²) in [5.41, 5.74) is 9.98. The number of halogens is 1. The number of nitrogens with two attached hydrogens (primary N) is 1. The van der Waals surface area contributed by atoms with Gasteiger partial charge in [-0.05, 0) is 79.8 Å². The van der Waals surface area contributed by atoms with Gasteiger partial charge in [0.25, 0.3) is 5.91 Å². The van der Waals surface area contributed by atoms with E-state index in [1.54, 1.807) is 43.3 Å². The molecule has 38 heavy (non-hydrogen) atoms. The Balaban J connectivity index is 1.31. The van der Waals surface area contributed by atoms with Crippen LogP contribution in [0.2, 0.25) is 0 Å². The summed E-state index contributed by atoms with van der Waals surface area (Å²) >= 11 is 0. The van der Waals surface area contributed by atoms with Gasteiger partial charge in [-0.15, -0.1) is 0 Å². The average molecular weight is 511 g/mol. The van der Waals surface area contributed by atoms with Crippen molar-refractivity contribution in [2.45, 2.75) is 25.8 Å². The first-order valence-electron chi connectivity index (χ1n) is 12.6. The van der Waals surface area contributed by atoms with E-state index in [1.165, 1.54) is 23.6 Å². The maximum atomic E-state index is 15.0. The SMILES string of the molecule is Cc1cc(C(=O)Nc2cc(C(NCC3CC3)c3ccccc3)ccc2F)n(-c2ccc3onc(N)c3c2)n1. The standard InChI is InChI=1S/C29H27FN6O2/c1-17-13-25(36(34-17)21-10-12-26-22(15-21)28(31)35-38-26)29(37)33-24-14-20(9-11-23(24)30)27(32-16-18-7-8-18)19-5-3-2-4-6-19/h2-6,9-15,18,27,32H,7-8,16H2,1H3,(H2,31,35)(H,33,37). The summed E-state index contributed by atoms with van der Waals surface area (Å²) in [4.78, 5) is 13.4. The summed E-state index contributed by atoms with van der Waals surface area (Å²) in [5, 5.41) is 15.3. The van der Waals surface area contributed by atoms with E-state index in [0.717, 1.165) is 17.7 Å². The molecule has 2 heterocycles. The van der Waals surface area contributed by atoms with Crippen molar-refractivity contribution in [2.24, 2.45) is 5.92 Å². The molecule has 1 unspecified atom stereocenters. The lowest BCUT2D eigenvalue weighted by molar-refractivity contribution is 0.101. The minimum Gasteiger partial charge on any atom is -0.380 e. The molecule has 192 valence electrons. The molecule has 8 nitrogen and oxygen atoms in total. The Morgan fingerprint density at radius 1 is 1.11 bits per heavy atom. The Labute approximate surface area is 218 Å². The van der Waals surface area contributed by atoms with E-state index in [9.17, 15) is 9.18 Å². The van der Waals surface area contributed by atoms with Crippen LogP contribution in [0, 0.1) is 18.7 Å². The largest absolute Gasteiger partial charge is 0.380 e. The number of rotatable bonds is 8. The molecular formula is C29H27FN6O2. The predicted octanol–water partition coefficient (Wildman–Crippen LogP) is 5.38. The van der Waals surface area contributed by atoms with Gasteiger partial charge in [-0.25, -0.2) is 9.07 Å². The topological polar surface area (TPSA) is 111 Å². The lowest BCUT2D eigenvalue weighted by Gasteiger charge is -2.21. The van der Waals surface area contributed by atoms with Crippen molar-refractivity contribution < 1.29 is 13.7 Å². The quantitative estimate of drug-likeness (QED) is 0.258. The van der Waals surface area contributed by atoms with Gasteiger partial charge in [0.2, 0.25) is 0 Å². The normalized spacial score (nSPS) is 14.1. The van der Waals surface area contributed by atoms with Crippen molar-refractivity contribution in [3.05, 3.63) is 101 Å². The predicted molar refractivity (Wildman–Crippen MR) is 144 cm³/mol. The van der Waals surface area contributed by atoms with Gasteiger partial charge in [0.15, 0.2) is 11.4 Å². The van der Waals surface area contributed by atoms with Crippen LogP contribution < -0.4 is 16.4 Å². The minimum atomic E-state index is -0.516. The Morgan fingerprint density at radius 2 is 1.92 bits per heavy atom. The molecule has 0 radical (unpaired) electrons. The van der Waals surface area contributed by atoms with E-state index < -0.39 is 11.7 Å². The summed E-state index contributed by atoms with van der Waals surface area (Å²) in [5.74, 6) is -0.0737. The Kier molecular flexibility index (Phi) is 6.13. The number of benzene rings is 3. The molecular weight excluding hydrogens is 483 g/mol. The third-order valence-corrected chi connectivity index (χ3v) is 6.80. The van der Waals surface area contributed by atoms with Crippen LogP contribution in [0.4, 0.5) is 15.9 Å². The number of anilines is 2. The highest BCUT2D eigenvalue weighted by molar-refractivity contribution is 6.03. The third kappa shape index (κ3) is 4.76. The first kappa shape index (κ1) is 23.9. The maximum absolute atomic E-state index is 15.0. The van der Waals surface area contributed by atoms with Crippen LogP contribution in [0.15, 0.2) is 77.3 Å². The van der Waals surface area contributed by atoms with E-state index in [1.807, 2.05) is 30.3 Å². The number of nitrogens with one attached hydrogen (secondary N) is 2. The van der Waals surface area contributed by atoms with Crippen molar-refractivity contribution in [1.82, 2.24) is 20.3 Å². The number of aromatic nitrogens is 3. The van der Waals surface area contributed by atoms with Crippen LogP contribution in [0.3, 0.4) is 0 Å². The van der Waals surface area contributed by atoms with Crippen LogP contribution >= 0.6 is 0 Å². The molecule has 5 aromatic rings. The number of amides is 1. The molecule has 1 fully saturated rings. The molecule has 0 aliphatic heterocycles. The summed E-state index contributed by atoms with van der Waals surface area (Å²) in [6.07, 6.45) is 2.45. The summed E-state index contributed by atoms with van der Waals surface area (Å²) < 4.78 is 21.6. The molecule has 1 atom stereocenters. The zero-order chi connectivity index (χ0) is 26.2. The van der Waals surface area contributed by atoms with Crippen LogP contribution in [0.25, 0.3) is 16.7 Å². The molecule has 1 aliphatic rings. The van der Waals surface area contributed by atoms with Gasteiger partial charge < -0.3 is 20.9 Å². The second kappa shape index (κ2) is 9.75. The van der Waals surface area contributed by atoms with Crippen LogP contribution in [-0.2, 0) is 0 Å². The molecule has 0 saturated heterocycles. The number of carbonyl (C=O) groups excluding carboxylic acids is 1. The molecule has 3 aromatic carbocycles. The number of carbonyl (C=O) groups is 1. The van der Waals surface area contributed by atoms with Gasteiger partial charge in [0.05, 0.1) is 28.5 Å². The third-order valence-electron chi connectivity index (χ3n) is 6.80. The number of nitrogen functional groups attached to an aromatic ring is 1. The number of hydrogen-bond acceptors (Lipinski definition) is 6. The summed E-state index contributed by atoms with van der Waals surface area (Å²) in [6.45, 7) is 2.68. The van der Waals surface area contributed by atoms with E-state index in [2.05, 4.69) is 20.9 Å².